The largest absolute Gasteiger partial charge is 0.483 e. The van der Waals surface area contributed by atoms with Crippen LogP contribution in [0.1, 0.15) is 33.6 Å². The van der Waals surface area contributed by atoms with E-state index in [0.717, 1.165) is 6.42 Å². The van der Waals surface area contributed by atoms with E-state index in [1.54, 1.807) is 0 Å². The molecule has 0 spiro atoms. The lowest BCUT2D eigenvalue weighted by Crippen LogP contribution is -2.30. The van der Waals surface area contributed by atoms with Crippen LogP contribution in [0.3, 0.4) is 0 Å². The third kappa shape index (κ3) is 1.15. The lowest BCUT2D eigenvalue weighted by Gasteiger charge is -2.19. The van der Waals surface area contributed by atoms with E-state index < -0.39 is 0 Å². The molecule has 0 amide bonds. The third-order valence-corrected chi connectivity index (χ3v) is 2.41. The van der Waals surface area contributed by atoms with Crippen LogP contribution in [0.2, 0.25) is 0 Å². The van der Waals surface area contributed by atoms with Gasteiger partial charge in [0.25, 0.3) is 0 Å². The molecule has 1 N–H and O–H groups in total. The molecule has 0 saturated carbocycles. The summed E-state index contributed by atoms with van der Waals surface area (Å²) >= 11 is 0. The number of esters is 1. The van der Waals surface area contributed by atoms with Crippen molar-refractivity contribution in [1.29, 1.82) is 0 Å². The summed E-state index contributed by atoms with van der Waals surface area (Å²) in [6, 6.07) is 0. The van der Waals surface area contributed by atoms with Gasteiger partial charge >= 0.3 is 5.97 Å². The van der Waals surface area contributed by atoms with Crippen molar-refractivity contribution in [2.24, 2.45) is 5.92 Å². The molecule has 10 heavy (non-hydrogen) atoms. The Morgan fingerprint density at radius 1 is 1.60 bits per heavy atom. The first-order chi connectivity index (χ1) is 4.54. The lowest BCUT2D eigenvalue weighted by molar-refractivity contribution is 0.0440. The van der Waals surface area contributed by atoms with Crippen LogP contribution in [0.15, 0.2) is 0 Å². The van der Waals surface area contributed by atoms with Crippen molar-refractivity contribution in [2.45, 2.75) is 39.2 Å². The average molecular weight is 143 g/mol. The minimum absolute atomic E-state index is 0.121. The number of carbonyl (C=O) groups excluding carboxylic acids is 1. The first kappa shape index (κ1) is 7.58. The number of hydrogen-bond donors (Lipinski definition) is 0. The zero-order valence-corrected chi connectivity index (χ0v) is 6.85. The Morgan fingerprint density at radius 2 is 2.20 bits per heavy atom. The van der Waals surface area contributed by atoms with Crippen LogP contribution in [0.4, 0.5) is 0 Å². The van der Waals surface area contributed by atoms with Crippen molar-refractivity contribution in [3.8, 4) is 0 Å². The molecule has 1 aliphatic heterocycles. The molecule has 1 aliphatic rings. The predicted octanol–water partition coefficient (Wildman–Crippen LogP) is 1.71. The molecular formula is C8H15O2+. The van der Waals surface area contributed by atoms with Crippen LogP contribution < -0.4 is 0 Å². The molecule has 0 aliphatic carbocycles. The summed E-state index contributed by atoms with van der Waals surface area (Å²) in [5.41, 5.74) is -0.121. The van der Waals surface area contributed by atoms with Crippen LogP contribution >= 0.6 is 0 Å². The molecule has 2 nitrogen and oxygen atoms in total. The first-order valence-corrected chi connectivity index (χ1v) is 3.78. The van der Waals surface area contributed by atoms with Gasteiger partial charge in [0, 0.05) is 19.3 Å². The molecule has 0 bridgehead atoms. The molecule has 1 rings (SSSR count). The molecule has 0 aromatic rings. The highest BCUT2D eigenvalue weighted by molar-refractivity contribution is 5.73. The van der Waals surface area contributed by atoms with Crippen molar-refractivity contribution in [2.75, 3.05) is 0 Å². The Labute approximate surface area is 61.6 Å². The average Bonchev–Trinajstić information content (AvgIpc) is 2.13. The molecule has 1 unspecified atom stereocenters. The third-order valence-electron chi connectivity index (χ3n) is 2.41. The summed E-state index contributed by atoms with van der Waals surface area (Å²) in [5, 5.41) is 0. The van der Waals surface area contributed by atoms with E-state index in [1.165, 1.54) is 0 Å². The van der Waals surface area contributed by atoms with Crippen LogP contribution in [0.5, 0.6) is 0 Å². The summed E-state index contributed by atoms with van der Waals surface area (Å²) in [6.45, 7) is 6.26. The van der Waals surface area contributed by atoms with Gasteiger partial charge in [0.1, 0.15) is 6.42 Å². The lowest BCUT2D eigenvalue weighted by atomic mass is 9.90. The summed E-state index contributed by atoms with van der Waals surface area (Å²) < 4.78 is 5.28. The molecule has 1 fully saturated rings. The van der Waals surface area contributed by atoms with E-state index >= 15 is 0 Å². The highest BCUT2D eigenvalue weighted by atomic mass is 16.6. The Bertz CT molecular complexity index is 151. The first-order valence-electron chi connectivity index (χ1n) is 3.78. The second kappa shape index (κ2) is 2.26. The zero-order chi connectivity index (χ0) is 7.78. The molecule has 1 saturated heterocycles. The molecule has 0 aromatic carbocycles. The second-order valence-electron chi connectivity index (χ2n) is 3.46. The highest BCUT2D eigenvalue weighted by Gasteiger charge is 2.46. The Kier molecular flexibility index (Phi) is 1.71. The summed E-state index contributed by atoms with van der Waals surface area (Å²) in [5.74, 6) is 0.674. The van der Waals surface area contributed by atoms with E-state index in [0.29, 0.717) is 12.3 Å². The van der Waals surface area contributed by atoms with Gasteiger partial charge in [0.2, 0.25) is 5.60 Å². The fourth-order valence-electron chi connectivity index (χ4n) is 1.13. The van der Waals surface area contributed by atoms with Crippen molar-refractivity contribution < 1.29 is 9.53 Å². The maximum absolute atomic E-state index is 9.01. The molecular weight excluding hydrogens is 128 g/mol. The van der Waals surface area contributed by atoms with Gasteiger partial charge in [-0.3, -0.25) is 0 Å². The zero-order valence-electron chi connectivity index (χ0n) is 6.85. The van der Waals surface area contributed by atoms with Gasteiger partial charge in [-0.15, -0.1) is 0 Å². The van der Waals surface area contributed by atoms with E-state index in [-0.39, 0.29) is 11.6 Å². The Balaban J connectivity index is 2.63. The predicted molar refractivity (Wildman–Crippen MR) is 40.5 cm³/mol. The van der Waals surface area contributed by atoms with Gasteiger partial charge in [-0.25, -0.2) is 0 Å². The van der Waals surface area contributed by atoms with Gasteiger partial charge in [0.15, 0.2) is 0 Å². The smallest absolute Gasteiger partial charge is 0.339 e. The van der Waals surface area contributed by atoms with E-state index in [2.05, 4.69) is 13.8 Å². The van der Waals surface area contributed by atoms with E-state index in [4.69, 9.17) is 9.53 Å². The Morgan fingerprint density at radius 3 is 2.40 bits per heavy atom. The van der Waals surface area contributed by atoms with Crippen LogP contribution in [-0.2, 0) is 4.74 Å². The topological polar surface area (TPSA) is 30.6 Å². The Hall–Kier alpha value is -0.530. The van der Waals surface area contributed by atoms with E-state index in [9.17, 15) is 0 Å². The van der Waals surface area contributed by atoms with Crippen LogP contribution in [-0.4, -0.2) is 16.4 Å². The number of hydrogen-bond acceptors (Lipinski definition) is 1. The summed E-state index contributed by atoms with van der Waals surface area (Å²) in [7, 11) is 0. The van der Waals surface area contributed by atoms with Gasteiger partial charge in [-0.2, -0.15) is 0 Å². The van der Waals surface area contributed by atoms with E-state index in [1.807, 2.05) is 6.92 Å². The molecule has 0 aromatic heterocycles. The fourth-order valence-corrected chi connectivity index (χ4v) is 1.13. The van der Waals surface area contributed by atoms with Crippen LogP contribution in [0.25, 0.3) is 0 Å². The molecule has 1 heterocycles. The SMILES string of the molecule is CC(C)C1(C)CCC(=[OH+])O1. The maximum atomic E-state index is 9.01. The second-order valence-corrected chi connectivity index (χ2v) is 3.46. The quantitative estimate of drug-likeness (QED) is 0.406. The van der Waals surface area contributed by atoms with Crippen molar-refractivity contribution in [3.63, 3.8) is 0 Å². The standard InChI is InChI=1S/C8H14O2/c1-6(2)8(3)5-4-7(9)10-8/h6H,4-5H2,1-3H3/p+1. The summed E-state index contributed by atoms with van der Waals surface area (Å²) in [4.78, 5) is 9.01. The van der Waals surface area contributed by atoms with Gasteiger partial charge < -0.3 is 9.53 Å². The summed E-state index contributed by atoms with van der Waals surface area (Å²) in [6.07, 6.45) is 1.64. The van der Waals surface area contributed by atoms with Gasteiger partial charge in [0.05, 0.1) is 0 Å². The van der Waals surface area contributed by atoms with Crippen LogP contribution in [0, 0.1) is 5.92 Å². The molecule has 0 radical (unpaired) electrons. The van der Waals surface area contributed by atoms with Gasteiger partial charge in [-0.05, 0) is 0 Å². The molecule has 1 atom stereocenters. The van der Waals surface area contributed by atoms with Crippen molar-refractivity contribution >= 4 is 5.97 Å². The van der Waals surface area contributed by atoms with Crippen molar-refractivity contribution in [3.05, 3.63) is 0 Å². The highest BCUT2D eigenvalue weighted by Crippen LogP contribution is 2.32. The fraction of sp³-hybridized carbons (Fsp3) is 0.875. The van der Waals surface area contributed by atoms with Gasteiger partial charge in [-0.1, -0.05) is 13.8 Å². The molecule has 58 valence electrons. The molecule has 2 heteroatoms. The minimum Gasteiger partial charge on any atom is -0.339 e. The monoisotopic (exact) mass is 143 g/mol. The maximum Gasteiger partial charge on any atom is 0.483 e. The number of ether oxygens (including phenoxy) is 1. The van der Waals surface area contributed by atoms with Crippen molar-refractivity contribution in [1.82, 2.24) is 0 Å². The number of cyclic esters (lactones) is 1. The minimum atomic E-state index is -0.121. The number of rotatable bonds is 1. The normalized spacial score (nSPS) is 33.0.